The van der Waals surface area contributed by atoms with Crippen molar-refractivity contribution in [1.82, 2.24) is 10.2 Å². The van der Waals surface area contributed by atoms with Crippen molar-refractivity contribution in [2.24, 2.45) is 0 Å². The molecule has 0 saturated carbocycles. The third-order valence-corrected chi connectivity index (χ3v) is 3.23. The number of hydrogen-bond acceptors (Lipinski definition) is 3. The van der Waals surface area contributed by atoms with Gasteiger partial charge in [-0.3, -0.25) is 4.79 Å². The van der Waals surface area contributed by atoms with Crippen molar-refractivity contribution < 1.29 is 4.79 Å². The van der Waals surface area contributed by atoms with Gasteiger partial charge in [-0.15, -0.1) is 0 Å². The minimum Gasteiger partial charge on any atom is -0.340 e. The van der Waals surface area contributed by atoms with Crippen molar-refractivity contribution >= 4 is 17.2 Å². The van der Waals surface area contributed by atoms with E-state index in [9.17, 15) is 4.79 Å². The van der Waals surface area contributed by atoms with E-state index in [2.05, 4.69) is 16.8 Å². The smallest absolute Gasteiger partial charge is 0.242 e. The van der Waals surface area contributed by atoms with E-state index in [-0.39, 0.29) is 5.91 Å². The Balaban J connectivity index is 2.60. The number of nitrogens with one attached hydrogen (secondary N) is 1. The minimum atomic E-state index is -0.487. The number of rotatable bonds is 5. The highest BCUT2D eigenvalue weighted by Crippen LogP contribution is 2.12. The Kier molecular flexibility index (Phi) is 4.50. The van der Waals surface area contributed by atoms with Crippen LogP contribution in [-0.4, -0.2) is 29.9 Å². The predicted octanol–water partition coefficient (Wildman–Crippen LogP) is 2.09. The van der Waals surface area contributed by atoms with Crippen molar-refractivity contribution in [3.05, 3.63) is 22.4 Å². The van der Waals surface area contributed by atoms with Crippen molar-refractivity contribution in [3.8, 4) is 0 Å². The van der Waals surface area contributed by atoms with E-state index >= 15 is 0 Å². The molecule has 1 aromatic heterocycles. The van der Waals surface area contributed by atoms with Gasteiger partial charge in [0, 0.05) is 13.6 Å². The predicted molar refractivity (Wildman–Crippen MR) is 68.5 cm³/mol. The molecule has 0 fully saturated rings. The Morgan fingerprint density at radius 1 is 1.56 bits per heavy atom. The summed E-state index contributed by atoms with van der Waals surface area (Å²) in [4.78, 5) is 13.9. The van der Waals surface area contributed by atoms with Crippen LogP contribution in [0.25, 0.3) is 0 Å². The topological polar surface area (TPSA) is 32.3 Å². The Hall–Kier alpha value is -0.870. The molecule has 0 aromatic carbocycles. The SMILES string of the molecule is CCNC(C)(C)C(=O)N(C)Cc1ccsc1. The molecule has 0 bridgehead atoms. The second-order valence-electron chi connectivity index (χ2n) is 4.45. The summed E-state index contributed by atoms with van der Waals surface area (Å²) in [5.74, 6) is 0.126. The van der Waals surface area contributed by atoms with Crippen LogP contribution in [0.1, 0.15) is 26.3 Å². The zero-order valence-electron chi connectivity index (χ0n) is 10.4. The minimum absolute atomic E-state index is 0.126. The molecule has 0 aliphatic rings. The van der Waals surface area contributed by atoms with Gasteiger partial charge in [0.1, 0.15) is 0 Å². The quantitative estimate of drug-likeness (QED) is 0.855. The summed E-state index contributed by atoms with van der Waals surface area (Å²) in [5, 5.41) is 7.30. The van der Waals surface area contributed by atoms with Gasteiger partial charge in [0.2, 0.25) is 5.91 Å². The largest absolute Gasteiger partial charge is 0.340 e. The zero-order chi connectivity index (χ0) is 12.2. The van der Waals surface area contributed by atoms with E-state index in [1.165, 1.54) is 5.56 Å². The number of hydrogen-bond donors (Lipinski definition) is 1. The summed E-state index contributed by atoms with van der Waals surface area (Å²) in [5.41, 5.74) is 0.702. The third-order valence-electron chi connectivity index (χ3n) is 2.50. The van der Waals surface area contributed by atoms with Gasteiger partial charge in [-0.25, -0.2) is 0 Å². The van der Waals surface area contributed by atoms with Crippen LogP contribution >= 0.6 is 11.3 Å². The molecule has 1 N–H and O–H groups in total. The van der Waals surface area contributed by atoms with E-state index in [0.717, 1.165) is 6.54 Å². The lowest BCUT2D eigenvalue weighted by Gasteiger charge is -2.29. The fourth-order valence-corrected chi connectivity index (χ4v) is 2.38. The lowest BCUT2D eigenvalue weighted by molar-refractivity contribution is -0.136. The summed E-state index contributed by atoms with van der Waals surface area (Å²) in [6.45, 7) is 7.32. The molecule has 0 unspecified atom stereocenters. The van der Waals surface area contributed by atoms with Crippen molar-refractivity contribution in [1.29, 1.82) is 0 Å². The van der Waals surface area contributed by atoms with Gasteiger partial charge in [0.15, 0.2) is 0 Å². The van der Waals surface area contributed by atoms with Gasteiger partial charge in [-0.05, 0) is 42.8 Å². The van der Waals surface area contributed by atoms with Crippen LogP contribution in [0.4, 0.5) is 0 Å². The first kappa shape index (κ1) is 13.2. The molecule has 3 nitrogen and oxygen atoms in total. The van der Waals surface area contributed by atoms with Crippen molar-refractivity contribution in [2.45, 2.75) is 32.9 Å². The molecule has 0 aliphatic carbocycles. The van der Waals surface area contributed by atoms with Crippen LogP contribution in [0.3, 0.4) is 0 Å². The van der Waals surface area contributed by atoms with Gasteiger partial charge in [-0.2, -0.15) is 11.3 Å². The highest BCUT2D eigenvalue weighted by atomic mass is 32.1. The molecule has 0 atom stereocenters. The number of amides is 1. The molecule has 1 heterocycles. The Morgan fingerprint density at radius 2 is 2.25 bits per heavy atom. The molecule has 0 spiro atoms. The van der Waals surface area contributed by atoms with Gasteiger partial charge >= 0.3 is 0 Å². The zero-order valence-corrected chi connectivity index (χ0v) is 11.2. The summed E-state index contributed by atoms with van der Waals surface area (Å²) in [7, 11) is 1.85. The van der Waals surface area contributed by atoms with Crippen molar-refractivity contribution in [2.75, 3.05) is 13.6 Å². The average Bonchev–Trinajstić information content (AvgIpc) is 2.69. The Bertz CT molecular complexity index is 333. The fourth-order valence-electron chi connectivity index (χ4n) is 1.72. The van der Waals surface area contributed by atoms with E-state index in [1.54, 1.807) is 16.2 Å². The van der Waals surface area contributed by atoms with Crippen LogP contribution in [0.5, 0.6) is 0 Å². The monoisotopic (exact) mass is 240 g/mol. The molecule has 1 rings (SSSR count). The highest BCUT2D eigenvalue weighted by molar-refractivity contribution is 7.07. The number of carbonyl (C=O) groups excluding carboxylic acids is 1. The summed E-state index contributed by atoms with van der Waals surface area (Å²) in [6, 6.07) is 2.05. The third kappa shape index (κ3) is 3.32. The second kappa shape index (κ2) is 5.46. The van der Waals surface area contributed by atoms with Crippen LogP contribution in [-0.2, 0) is 11.3 Å². The summed E-state index contributed by atoms with van der Waals surface area (Å²) >= 11 is 1.66. The highest BCUT2D eigenvalue weighted by Gasteiger charge is 2.29. The first-order chi connectivity index (χ1) is 7.47. The van der Waals surface area contributed by atoms with Crippen LogP contribution in [0, 0.1) is 0 Å². The average molecular weight is 240 g/mol. The molecule has 4 heteroatoms. The second-order valence-corrected chi connectivity index (χ2v) is 5.23. The van der Waals surface area contributed by atoms with Gasteiger partial charge in [0.25, 0.3) is 0 Å². The number of thiophene rings is 1. The molecule has 1 aromatic rings. The van der Waals surface area contributed by atoms with E-state index in [4.69, 9.17) is 0 Å². The number of likely N-dealkylation sites (N-methyl/N-ethyl adjacent to an activating group) is 2. The fraction of sp³-hybridized carbons (Fsp3) is 0.583. The number of carbonyl (C=O) groups is 1. The maximum absolute atomic E-state index is 12.1. The molecule has 0 aliphatic heterocycles. The standard InChI is InChI=1S/C12H20N2OS/c1-5-13-12(2,3)11(15)14(4)8-10-6-7-16-9-10/h6-7,9,13H,5,8H2,1-4H3. The van der Waals surface area contributed by atoms with Crippen LogP contribution in [0.2, 0.25) is 0 Å². The first-order valence-corrected chi connectivity index (χ1v) is 6.43. The van der Waals surface area contributed by atoms with E-state index in [1.807, 2.05) is 33.2 Å². The molecule has 90 valence electrons. The molecule has 0 radical (unpaired) electrons. The summed E-state index contributed by atoms with van der Waals surface area (Å²) < 4.78 is 0. The first-order valence-electron chi connectivity index (χ1n) is 5.49. The van der Waals surface area contributed by atoms with Crippen molar-refractivity contribution in [3.63, 3.8) is 0 Å². The van der Waals surface area contributed by atoms with E-state index < -0.39 is 5.54 Å². The molecule has 0 saturated heterocycles. The van der Waals surface area contributed by atoms with Crippen LogP contribution < -0.4 is 5.32 Å². The molecule has 1 amide bonds. The van der Waals surface area contributed by atoms with Gasteiger partial charge in [-0.1, -0.05) is 6.92 Å². The lowest BCUT2D eigenvalue weighted by atomic mass is 10.0. The Morgan fingerprint density at radius 3 is 2.75 bits per heavy atom. The lowest BCUT2D eigenvalue weighted by Crippen LogP contribution is -2.52. The molecular formula is C12H20N2OS. The van der Waals surface area contributed by atoms with Gasteiger partial charge in [0.05, 0.1) is 5.54 Å². The Labute approximate surface area is 101 Å². The molecular weight excluding hydrogens is 220 g/mol. The normalized spacial score (nSPS) is 11.5. The van der Waals surface area contributed by atoms with Crippen LogP contribution in [0.15, 0.2) is 16.8 Å². The van der Waals surface area contributed by atoms with E-state index in [0.29, 0.717) is 6.54 Å². The molecule has 16 heavy (non-hydrogen) atoms. The van der Waals surface area contributed by atoms with Gasteiger partial charge < -0.3 is 10.2 Å². The maximum Gasteiger partial charge on any atom is 0.242 e. The summed E-state index contributed by atoms with van der Waals surface area (Å²) in [6.07, 6.45) is 0. The maximum atomic E-state index is 12.1. The number of nitrogens with zero attached hydrogens (tertiary/aromatic N) is 1.